The highest BCUT2D eigenvalue weighted by atomic mass is 35.5. The molecule has 0 bridgehead atoms. The molecule has 7 N–H and O–H groups in total. The zero-order chi connectivity index (χ0) is 39.1. The van der Waals surface area contributed by atoms with Crippen LogP contribution >= 0.6 is 23.2 Å². The number of carboxylic acid groups (broad SMARTS) is 1. The van der Waals surface area contributed by atoms with Crippen LogP contribution < -0.4 is 16.4 Å². The molecule has 1 aliphatic rings. The molecule has 0 spiro atoms. The number of phenolic OH excluding ortho intramolecular Hbond substituents is 1. The van der Waals surface area contributed by atoms with E-state index in [0.29, 0.717) is 44.1 Å². The van der Waals surface area contributed by atoms with Crippen LogP contribution in [0.5, 0.6) is 5.75 Å². The van der Waals surface area contributed by atoms with E-state index in [1.165, 1.54) is 29.0 Å². The lowest BCUT2D eigenvalue weighted by molar-refractivity contribution is -0.150. The summed E-state index contributed by atoms with van der Waals surface area (Å²) in [6, 6.07) is 0.923. The number of likely N-dealkylation sites (tertiary alicyclic amines) is 1. The minimum Gasteiger partial charge on any atom is -0.508 e. The number of hydrogen-bond acceptors (Lipinski definition) is 8. The zero-order valence-corrected chi connectivity index (χ0v) is 32.6. The van der Waals surface area contributed by atoms with E-state index in [1.807, 2.05) is 20.8 Å². The minimum atomic E-state index is -1.54. The van der Waals surface area contributed by atoms with Gasteiger partial charge in [0, 0.05) is 26.1 Å². The normalized spacial score (nSPS) is 18.0. The molecular formula is C37H59Cl2N5O8. The molecule has 7 atom stereocenters. The van der Waals surface area contributed by atoms with Crippen LogP contribution in [-0.4, -0.2) is 109 Å². The number of hydrogen-bond donors (Lipinski definition) is 6. The summed E-state index contributed by atoms with van der Waals surface area (Å²) < 4.78 is 0. The van der Waals surface area contributed by atoms with Crippen LogP contribution in [0.25, 0.3) is 0 Å². The van der Waals surface area contributed by atoms with Crippen LogP contribution in [0.3, 0.4) is 0 Å². The zero-order valence-electron chi connectivity index (χ0n) is 31.1. The molecule has 1 fully saturated rings. The maximum absolute atomic E-state index is 14.2. The number of nitrogens with zero attached hydrogens (tertiary/aromatic N) is 2. The van der Waals surface area contributed by atoms with E-state index in [9.17, 15) is 39.3 Å². The number of carbonyl (C=O) groups excluding carboxylic acids is 4. The Labute approximate surface area is 317 Å². The third-order valence-corrected chi connectivity index (χ3v) is 10.2. The van der Waals surface area contributed by atoms with Crippen LogP contribution in [-0.2, 0) is 30.4 Å². The first-order chi connectivity index (χ1) is 24.5. The molecule has 0 radical (unpaired) electrons. The summed E-state index contributed by atoms with van der Waals surface area (Å²) >= 11 is 11.5. The highest BCUT2D eigenvalue weighted by molar-refractivity contribution is 6.44. The number of nitrogens with two attached hydrogens (primary N) is 1. The van der Waals surface area contributed by atoms with Crippen molar-refractivity contribution in [3.8, 4) is 5.75 Å². The van der Waals surface area contributed by atoms with E-state index in [2.05, 4.69) is 10.6 Å². The second-order valence-corrected chi connectivity index (χ2v) is 15.7. The number of alkyl halides is 2. The van der Waals surface area contributed by atoms with Gasteiger partial charge in [0.15, 0.2) is 0 Å². The molecule has 0 saturated carbocycles. The topological polar surface area (TPSA) is 203 Å². The molecule has 0 aromatic heterocycles. The van der Waals surface area contributed by atoms with Gasteiger partial charge in [-0.05, 0) is 61.6 Å². The molecule has 15 heteroatoms. The van der Waals surface area contributed by atoms with Crippen LogP contribution in [0.4, 0.5) is 0 Å². The van der Waals surface area contributed by atoms with E-state index in [1.54, 1.807) is 19.1 Å². The fourth-order valence-corrected chi connectivity index (χ4v) is 6.69. The highest BCUT2D eigenvalue weighted by Crippen LogP contribution is 2.24. The first kappa shape index (κ1) is 45.0. The molecule has 1 aromatic carbocycles. The van der Waals surface area contributed by atoms with Crippen molar-refractivity contribution in [2.45, 2.75) is 139 Å². The van der Waals surface area contributed by atoms with Crippen molar-refractivity contribution in [3.05, 3.63) is 29.8 Å². The highest BCUT2D eigenvalue weighted by Gasteiger charge is 2.42. The Morgan fingerprint density at radius 1 is 1.00 bits per heavy atom. The number of rotatable bonds is 22. The molecule has 1 aromatic rings. The summed E-state index contributed by atoms with van der Waals surface area (Å²) in [6.45, 7) is 7.73. The Hall–Kier alpha value is -3.13. The Morgan fingerprint density at radius 3 is 2.17 bits per heavy atom. The number of aromatic hydroxyl groups is 1. The molecular weight excluding hydrogens is 713 g/mol. The van der Waals surface area contributed by atoms with Crippen LogP contribution in [0.1, 0.15) is 97.5 Å². The molecule has 52 heavy (non-hydrogen) atoms. The van der Waals surface area contributed by atoms with Gasteiger partial charge >= 0.3 is 5.97 Å². The monoisotopic (exact) mass is 771 g/mol. The number of aliphatic hydroxyl groups is 1. The van der Waals surface area contributed by atoms with Gasteiger partial charge in [0.25, 0.3) is 5.91 Å². The number of nitrogens with one attached hydrogen (secondary N) is 2. The Kier molecular flexibility index (Phi) is 19.2. The van der Waals surface area contributed by atoms with Gasteiger partial charge in [-0.2, -0.15) is 0 Å². The van der Waals surface area contributed by atoms with Gasteiger partial charge in [0.2, 0.25) is 17.7 Å². The van der Waals surface area contributed by atoms with Crippen molar-refractivity contribution >= 4 is 52.8 Å². The Morgan fingerprint density at radius 2 is 1.62 bits per heavy atom. The maximum Gasteiger partial charge on any atom is 0.326 e. The average Bonchev–Trinajstić information content (AvgIpc) is 3.60. The Balaban J connectivity index is 2.17. The summed E-state index contributed by atoms with van der Waals surface area (Å²) in [5.41, 5.74) is 6.77. The number of phenols is 1. The van der Waals surface area contributed by atoms with Crippen molar-refractivity contribution in [2.75, 3.05) is 13.6 Å². The van der Waals surface area contributed by atoms with Crippen molar-refractivity contribution in [2.24, 2.45) is 17.6 Å². The molecule has 13 nitrogen and oxygen atoms in total. The predicted octanol–water partition coefficient (Wildman–Crippen LogP) is 3.73. The molecule has 1 saturated heterocycles. The first-order valence-corrected chi connectivity index (χ1v) is 19.3. The summed E-state index contributed by atoms with van der Waals surface area (Å²) in [5.74, 6) is -3.93. The van der Waals surface area contributed by atoms with E-state index < -0.39 is 70.7 Å². The number of amides is 4. The molecule has 4 amide bonds. The lowest BCUT2D eigenvalue weighted by Gasteiger charge is -2.37. The summed E-state index contributed by atoms with van der Waals surface area (Å²) in [5, 5.41) is 35.5. The van der Waals surface area contributed by atoms with E-state index >= 15 is 0 Å². The number of carbonyl (C=O) groups is 5. The summed E-state index contributed by atoms with van der Waals surface area (Å²) in [4.78, 5) is 69.5. The molecule has 1 aliphatic heterocycles. The second-order valence-electron chi connectivity index (χ2n) is 14.4. The van der Waals surface area contributed by atoms with Crippen molar-refractivity contribution in [1.82, 2.24) is 20.4 Å². The standard InChI is InChI=1S/C37H59Cl2N5O8/c1-6-23(4)31(42-34(48)32(46)26(40)12-9-7-8-10-14-30(38)39)36(50)43(5)29(20-22(2)3)35(49)44-19-11-13-28(44)33(47)41-27(37(51)52)21-24-15-17-25(45)18-16-24/h15-18,22-23,26-32,45-46H,6-14,19-21,40H2,1-5H3,(H,41,47)(H,42,48)(H,51,52)/t23-,26+,27-,28-,29-,31-,32+/m0/s1. The predicted molar refractivity (Wildman–Crippen MR) is 201 cm³/mol. The Bertz CT molecular complexity index is 1320. The van der Waals surface area contributed by atoms with Gasteiger partial charge in [-0.25, -0.2) is 4.79 Å². The van der Waals surface area contributed by atoms with Gasteiger partial charge < -0.3 is 41.5 Å². The summed E-state index contributed by atoms with van der Waals surface area (Å²) in [6.07, 6.45) is 4.44. The SMILES string of the molecule is CC[C@H](C)[C@H](NC(=O)[C@H](O)[C@H](N)CCCCCCC(Cl)Cl)C(=O)N(C)[C@@H](CC(C)C)C(=O)N1CCC[C@H]1C(=O)N[C@@H](Cc1ccc(O)cc1)C(=O)O. The fraction of sp³-hybridized carbons (Fsp3) is 0.703. The van der Waals surface area contributed by atoms with Crippen LogP contribution in [0.15, 0.2) is 24.3 Å². The first-order valence-electron chi connectivity index (χ1n) is 18.4. The van der Waals surface area contributed by atoms with Crippen molar-refractivity contribution in [3.63, 3.8) is 0 Å². The smallest absolute Gasteiger partial charge is 0.326 e. The van der Waals surface area contributed by atoms with Crippen molar-refractivity contribution < 1.29 is 39.3 Å². The van der Waals surface area contributed by atoms with Gasteiger partial charge in [-0.1, -0.05) is 71.9 Å². The lowest BCUT2D eigenvalue weighted by Crippen LogP contribution is -2.60. The molecule has 1 heterocycles. The van der Waals surface area contributed by atoms with Crippen LogP contribution in [0, 0.1) is 11.8 Å². The fourth-order valence-electron chi connectivity index (χ4n) is 6.38. The second kappa shape index (κ2) is 22.2. The maximum atomic E-state index is 14.2. The van der Waals surface area contributed by atoms with Gasteiger partial charge in [-0.3, -0.25) is 19.2 Å². The van der Waals surface area contributed by atoms with Crippen LogP contribution in [0.2, 0.25) is 0 Å². The minimum absolute atomic E-state index is 0.0245. The van der Waals surface area contributed by atoms with Crippen molar-refractivity contribution in [1.29, 1.82) is 0 Å². The van der Waals surface area contributed by atoms with E-state index in [0.717, 1.165) is 19.3 Å². The number of aliphatic carboxylic acids is 1. The van der Waals surface area contributed by atoms with Gasteiger partial charge in [-0.15, -0.1) is 23.2 Å². The molecule has 294 valence electrons. The number of aliphatic hydroxyl groups excluding tert-OH is 1. The average molecular weight is 773 g/mol. The largest absolute Gasteiger partial charge is 0.508 e. The molecule has 2 rings (SSSR count). The number of likely N-dealkylation sites (N-methyl/N-ethyl adjacent to an activating group) is 1. The number of unbranched alkanes of at least 4 members (excludes halogenated alkanes) is 3. The number of carboxylic acids is 1. The van der Waals surface area contributed by atoms with Gasteiger partial charge in [0.05, 0.1) is 0 Å². The van der Waals surface area contributed by atoms with E-state index in [-0.39, 0.29) is 37.0 Å². The third kappa shape index (κ3) is 14.0. The lowest BCUT2D eigenvalue weighted by atomic mass is 9.94. The van der Waals surface area contributed by atoms with E-state index in [4.69, 9.17) is 28.9 Å². The van der Waals surface area contributed by atoms with Gasteiger partial charge in [0.1, 0.15) is 40.9 Å². The quantitative estimate of drug-likeness (QED) is 0.0750. The molecule has 0 unspecified atom stereocenters. The third-order valence-electron chi connectivity index (χ3n) is 9.78. The number of halogens is 2. The number of benzene rings is 1. The molecule has 0 aliphatic carbocycles. The summed E-state index contributed by atoms with van der Waals surface area (Å²) in [7, 11) is 1.50.